The second-order valence-electron chi connectivity index (χ2n) is 11.5. The first-order valence-corrected chi connectivity index (χ1v) is 18.0. The lowest BCUT2D eigenvalue weighted by atomic mass is 9.91. The average Bonchev–Trinajstić information content (AvgIpc) is 2.97. The van der Waals surface area contributed by atoms with Gasteiger partial charge in [0.2, 0.25) is 16.0 Å². The third kappa shape index (κ3) is 7.51. The Bertz CT molecular complexity index is 1880. The fourth-order valence-electron chi connectivity index (χ4n) is 5.51. The normalized spacial score (nSPS) is 17.6. The van der Waals surface area contributed by atoms with Crippen molar-refractivity contribution in [3.8, 4) is 11.3 Å². The highest BCUT2D eigenvalue weighted by Gasteiger charge is 2.23. The monoisotopic (exact) mass is 640 g/mol. The van der Waals surface area contributed by atoms with Gasteiger partial charge in [-0.25, -0.2) is 36.2 Å². The number of sulfonamides is 1. The first-order chi connectivity index (χ1) is 20.8. The minimum absolute atomic E-state index is 0.0864. The van der Waals surface area contributed by atoms with Gasteiger partial charge in [0.05, 0.1) is 33.7 Å². The Labute approximate surface area is 258 Å². The van der Waals surface area contributed by atoms with Gasteiger partial charge < -0.3 is 10.2 Å². The minimum Gasteiger partial charge on any atom is -0.351 e. The molecule has 5 rings (SSSR count). The maximum atomic E-state index is 15.2. The number of rotatable bonds is 10. The van der Waals surface area contributed by atoms with Crippen LogP contribution in [0, 0.1) is 5.82 Å². The molecule has 13 heteroatoms. The summed E-state index contributed by atoms with van der Waals surface area (Å²) in [5.41, 5.74) is 3.46. The predicted octanol–water partition coefficient (Wildman–Crippen LogP) is 5.02. The Morgan fingerprint density at radius 2 is 1.66 bits per heavy atom. The van der Waals surface area contributed by atoms with Crippen LogP contribution in [-0.2, 0) is 32.0 Å². The van der Waals surface area contributed by atoms with Crippen LogP contribution in [0.15, 0.2) is 59.6 Å². The van der Waals surface area contributed by atoms with Crippen LogP contribution < -0.4 is 10.0 Å². The van der Waals surface area contributed by atoms with Crippen LogP contribution in [0.3, 0.4) is 0 Å². The topological polar surface area (TPSA) is 134 Å². The molecule has 0 amide bonds. The molecule has 0 bridgehead atoms. The first kappa shape index (κ1) is 31.7. The maximum absolute atomic E-state index is 15.2. The lowest BCUT2D eigenvalue weighted by Crippen LogP contribution is -2.36. The highest BCUT2D eigenvalue weighted by molar-refractivity contribution is 7.92. The summed E-state index contributed by atoms with van der Waals surface area (Å²) in [5, 5.41) is 3.49. The summed E-state index contributed by atoms with van der Waals surface area (Å²) >= 11 is 0. The summed E-state index contributed by atoms with van der Waals surface area (Å²) < 4.78 is 66.3. The van der Waals surface area contributed by atoms with E-state index in [4.69, 9.17) is 9.97 Å². The third-order valence-electron chi connectivity index (χ3n) is 8.01. The standard InChI is InChI=1S/C31H37FN6O4S2/c1-5-21-17-28(35-29-18-33-31(36-30(21)29)34-23-9-11-24(12-10-23)38(2)3)22-8-15-27(26(32)16-22)37-44(41,42)19-20-6-13-25(14-7-20)43(4,39)40/h6-8,13-18,23-24,37H,5,9-12,19H2,1-4H3,(H,33,34,36)/t23-,24-. The van der Waals surface area contributed by atoms with Gasteiger partial charge >= 0.3 is 0 Å². The Hall–Kier alpha value is -3.68. The molecule has 1 fully saturated rings. The molecule has 0 spiro atoms. The van der Waals surface area contributed by atoms with Gasteiger partial charge in [0.15, 0.2) is 9.84 Å². The Balaban J connectivity index is 1.31. The highest BCUT2D eigenvalue weighted by Crippen LogP contribution is 2.29. The van der Waals surface area contributed by atoms with E-state index in [9.17, 15) is 16.8 Å². The van der Waals surface area contributed by atoms with Crippen LogP contribution in [-0.4, -0.2) is 69.1 Å². The molecule has 1 aliphatic rings. The molecule has 1 saturated carbocycles. The van der Waals surface area contributed by atoms with Crippen molar-refractivity contribution in [3.63, 3.8) is 0 Å². The molecule has 0 unspecified atom stereocenters. The van der Waals surface area contributed by atoms with Gasteiger partial charge in [0, 0.05) is 23.9 Å². The number of nitrogens with zero attached hydrogens (tertiary/aromatic N) is 4. The second-order valence-corrected chi connectivity index (χ2v) is 15.3. The van der Waals surface area contributed by atoms with E-state index in [-0.39, 0.29) is 10.6 Å². The van der Waals surface area contributed by atoms with Crippen LogP contribution in [0.1, 0.15) is 43.7 Å². The largest absolute Gasteiger partial charge is 0.351 e. The van der Waals surface area contributed by atoms with E-state index in [0.717, 1.165) is 43.0 Å². The number of hydrogen-bond acceptors (Lipinski definition) is 9. The van der Waals surface area contributed by atoms with Gasteiger partial charge in [-0.2, -0.15) is 0 Å². The van der Waals surface area contributed by atoms with E-state index < -0.39 is 31.4 Å². The summed E-state index contributed by atoms with van der Waals surface area (Å²) in [6.07, 6.45) is 7.80. The zero-order valence-corrected chi connectivity index (χ0v) is 26.8. The summed E-state index contributed by atoms with van der Waals surface area (Å²) in [5.74, 6) is -0.624. The summed E-state index contributed by atoms with van der Waals surface area (Å²) in [6, 6.07) is 12.5. The molecule has 4 aromatic rings. The zero-order chi connectivity index (χ0) is 31.6. The number of sulfone groups is 1. The number of anilines is 2. The number of halogens is 1. The minimum atomic E-state index is -3.98. The average molecular weight is 641 g/mol. The smallest absolute Gasteiger partial charge is 0.237 e. The Morgan fingerprint density at radius 1 is 0.955 bits per heavy atom. The molecule has 2 aromatic carbocycles. The summed E-state index contributed by atoms with van der Waals surface area (Å²) in [6.45, 7) is 2.02. The first-order valence-electron chi connectivity index (χ1n) is 14.5. The molecule has 1 aliphatic carbocycles. The molecule has 2 heterocycles. The Morgan fingerprint density at radius 3 is 2.27 bits per heavy atom. The number of pyridine rings is 1. The summed E-state index contributed by atoms with van der Waals surface area (Å²) in [7, 11) is -3.14. The second kappa shape index (κ2) is 12.7. The van der Waals surface area contributed by atoms with Gasteiger partial charge in [-0.1, -0.05) is 25.1 Å². The predicted molar refractivity (Wildman–Crippen MR) is 171 cm³/mol. The molecule has 234 valence electrons. The molecule has 2 aromatic heterocycles. The quantitative estimate of drug-likeness (QED) is 0.245. The van der Waals surface area contributed by atoms with Gasteiger partial charge in [-0.05, 0) is 87.7 Å². The van der Waals surface area contributed by atoms with Crippen molar-refractivity contribution < 1.29 is 21.2 Å². The molecule has 0 atom stereocenters. The van der Waals surface area contributed by atoms with Crippen LogP contribution in [0.25, 0.3) is 22.3 Å². The maximum Gasteiger partial charge on any atom is 0.237 e. The van der Waals surface area contributed by atoms with Crippen molar-refractivity contribution in [3.05, 3.63) is 71.7 Å². The molecule has 10 nitrogen and oxygen atoms in total. The number of nitrogens with one attached hydrogen (secondary N) is 2. The molecule has 44 heavy (non-hydrogen) atoms. The lowest BCUT2D eigenvalue weighted by Gasteiger charge is -2.32. The van der Waals surface area contributed by atoms with E-state index in [0.29, 0.717) is 46.8 Å². The van der Waals surface area contributed by atoms with E-state index in [1.165, 1.54) is 36.4 Å². The van der Waals surface area contributed by atoms with E-state index >= 15 is 4.39 Å². The van der Waals surface area contributed by atoms with Crippen molar-refractivity contribution in [2.24, 2.45) is 0 Å². The molecule has 0 radical (unpaired) electrons. The lowest BCUT2D eigenvalue weighted by molar-refractivity contribution is 0.221. The number of aryl methyl sites for hydroxylation is 1. The van der Waals surface area contributed by atoms with Crippen molar-refractivity contribution in [1.29, 1.82) is 0 Å². The van der Waals surface area contributed by atoms with Gasteiger partial charge in [-0.15, -0.1) is 0 Å². The van der Waals surface area contributed by atoms with E-state index in [1.807, 2.05) is 13.0 Å². The number of fused-ring (bicyclic) bond motifs is 1. The molecular weight excluding hydrogens is 604 g/mol. The molecule has 2 N–H and O–H groups in total. The van der Waals surface area contributed by atoms with Crippen molar-refractivity contribution in [2.45, 2.75) is 61.8 Å². The van der Waals surface area contributed by atoms with Crippen molar-refractivity contribution in [2.75, 3.05) is 30.4 Å². The SMILES string of the molecule is CCc1cc(-c2ccc(NS(=O)(=O)Cc3ccc(S(C)(=O)=O)cc3)c(F)c2)nc2cnc(N[C@H]3CC[C@H](N(C)C)CC3)nc12. The van der Waals surface area contributed by atoms with Crippen molar-refractivity contribution in [1.82, 2.24) is 19.9 Å². The number of benzene rings is 2. The Kier molecular flexibility index (Phi) is 9.19. The van der Waals surface area contributed by atoms with Crippen LogP contribution in [0.5, 0.6) is 0 Å². The van der Waals surface area contributed by atoms with Crippen LogP contribution in [0.4, 0.5) is 16.0 Å². The van der Waals surface area contributed by atoms with Gasteiger partial charge in [0.1, 0.15) is 11.3 Å². The molecular formula is C31H37FN6O4S2. The highest BCUT2D eigenvalue weighted by atomic mass is 32.2. The van der Waals surface area contributed by atoms with Gasteiger partial charge in [0.25, 0.3) is 0 Å². The van der Waals surface area contributed by atoms with E-state index in [2.05, 4.69) is 34.0 Å². The van der Waals surface area contributed by atoms with E-state index in [1.54, 1.807) is 12.3 Å². The fraction of sp³-hybridized carbons (Fsp3) is 0.387. The van der Waals surface area contributed by atoms with Crippen LogP contribution in [0.2, 0.25) is 0 Å². The van der Waals surface area contributed by atoms with Crippen LogP contribution >= 0.6 is 0 Å². The van der Waals surface area contributed by atoms with Gasteiger partial charge in [-0.3, -0.25) is 4.72 Å². The number of hydrogen-bond donors (Lipinski definition) is 2. The third-order valence-corrected chi connectivity index (χ3v) is 10.4. The summed E-state index contributed by atoms with van der Waals surface area (Å²) in [4.78, 5) is 16.3. The zero-order valence-electron chi connectivity index (χ0n) is 25.2. The fourth-order valence-corrected chi connectivity index (χ4v) is 7.34. The molecule has 0 aliphatic heterocycles. The molecule has 0 saturated heterocycles. The number of aromatic nitrogens is 3. The van der Waals surface area contributed by atoms with Crippen molar-refractivity contribution >= 4 is 42.5 Å².